The van der Waals surface area contributed by atoms with Gasteiger partial charge in [0.1, 0.15) is 0 Å². The van der Waals surface area contributed by atoms with Crippen LogP contribution in [0, 0.1) is 0 Å². The summed E-state index contributed by atoms with van der Waals surface area (Å²) in [7, 11) is 0. The molecule has 0 saturated heterocycles. The van der Waals surface area contributed by atoms with E-state index in [0.29, 0.717) is 5.56 Å². The molecule has 0 atom stereocenters. The van der Waals surface area contributed by atoms with Crippen LogP contribution in [0.5, 0.6) is 0 Å². The molecule has 0 bridgehead atoms. The van der Waals surface area contributed by atoms with Gasteiger partial charge in [-0.2, -0.15) is 0 Å². The summed E-state index contributed by atoms with van der Waals surface area (Å²) in [6.07, 6.45) is 1.75. The van der Waals surface area contributed by atoms with Crippen molar-refractivity contribution in [3.8, 4) is 44.5 Å². The third kappa shape index (κ3) is 3.00. The number of carboxylic acid groups (broad SMARTS) is 1. The van der Waals surface area contributed by atoms with Crippen molar-refractivity contribution in [2.75, 3.05) is 0 Å². The minimum atomic E-state index is -0.903. The first-order valence-corrected chi connectivity index (χ1v) is 12.0. The SMILES string of the molecule is O=C(O)c1ccc(-c2cccc3c2Cc2ccccc2-3)c(-c2cccc3c2Cc2ccccc2-3)c1. The summed E-state index contributed by atoms with van der Waals surface area (Å²) in [5.41, 5.74) is 15.0. The molecule has 0 radical (unpaired) electrons. The molecular formula is C33H22O2. The first kappa shape index (κ1) is 20.0. The molecule has 5 aromatic rings. The zero-order valence-electron chi connectivity index (χ0n) is 19.1. The van der Waals surface area contributed by atoms with Gasteiger partial charge in [-0.3, -0.25) is 0 Å². The van der Waals surface area contributed by atoms with Gasteiger partial charge < -0.3 is 5.11 Å². The molecule has 0 aliphatic heterocycles. The van der Waals surface area contributed by atoms with E-state index in [1.165, 1.54) is 50.1 Å². The first-order valence-electron chi connectivity index (χ1n) is 12.0. The highest BCUT2D eigenvalue weighted by Gasteiger charge is 2.26. The van der Waals surface area contributed by atoms with Crippen molar-refractivity contribution in [2.45, 2.75) is 12.8 Å². The minimum Gasteiger partial charge on any atom is -0.478 e. The molecule has 0 saturated carbocycles. The molecule has 35 heavy (non-hydrogen) atoms. The molecule has 0 heterocycles. The molecule has 0 unspecified atom stereocenters. The zero-order chi connectivity index (χ0) is 23.5. The van der Waals surface area contributed by atoms with Crippen molar-refractivity contribution in [3.63, 3.8) is 0 Å². The van der Waals surface area contributed by atoms with E-state index in [1.54, 1.807) is 6.07 Å². The number of carbonyl (C=O) groups is 1. The lowest BCUT2D eigenvalue weighted by atomic mass is 9.86. The first-order chi connectivity index (χ1) is 17.2. The number of rotatable bonds is 3. The Morgan fingerprint density at radius 3 is 1.49 bits per heavy atom. The van der Waals surface area contributed by atoms with E-state index in [9.17, 15) is 9.90 Å². The van der Waals surface area contributed by atoms with Crippen LogP contribution < -0.4 is 0 Å². The Hall–Kier alpha value is -4.43. The van der Waals surface area contributed by atoms with E-state index >= 15 is 0 Å². The molecule has 2 aliphatic rings. The Kier molecular flexibility index (Phi) is 4.31. The van der Waals surface area contributed by atoms with Crippen molar-refractivity contribution in [3.05, 3.63) is 131 Å². The molecule has 5 aromatic carbocycles. The van der Waals surface area contributed by atoms with Crippen LogP contribution in [0.4, 0.5) is 0 Å². The van der Waals surface area contributed by atoms with Gasteiger partial charge in [0.2, 0.25) is 0 Å². The largest absolute Gasteiger partial charge is 0.478 e. The average molecular weight is 451 g/mol. The molecule has 0 aromatic heterocycles. The summed E-state index contributed by atoms with van der Waals surface area (Å²) < 4.78 is 0. The van der Waals surface area contributed by atoms with Crippen LogP contribution >= 0.6 is 0 Å². The maximum Gasteiger partial charge on any atom is 0.335 e. The van der Waals surface area contributed by atoms with E-state index in [-0.39, 0.29) is 0 Å². The fourth-order valence-electron chi connectivity index (χ4n) is 5.95. The predicted molar refractivity (Wildman–Crippen MR) is 141 cm³/mol. The van der Waals surface area contributed by atoms with Crippen LogP contribution in [0.15, 0.2) is 103 Å². The van der Waals surface area contributed by atoms with E-state index in [1.807, 2.05) is 12.1 Å². The number of benzene rings is 5. The minimum absolute atomic E-state index is 0.313. The lowest BCUT2D eigenvalue weighted by Gasteiger charge is -2.17. The number of hydrogen-bond donors (Lipinski definition) is 1. The molecule has 1 N–H and O–H groups in total. The van der Waals surface area contributed by atoms with Crippen LogP contribution in [0.25, 0.3) is 44.5 Å². The van der Waals surface area contributed by atoms with Crippen molar-refractivity contribution in [2.24, 2.45) is 0 Å². The van der Waals surface area contributed by atoms with Gasteiger partial charge in [0.05, 0.1) is 5.56 Å². The standard InChI is InChI=1S/C33H22O2/c34-33(35)22-15-16-29(27-13-5-11-25-23-9-3-1-7-20(23)17-30(25)27)32(19-22)28-14-6-12-26-24-10-4-2-8-21(24)18-31(26)28/h1-16,19H,17-18H2,(H,34,35). The van der Waals surface area contributed by atoms with Gasteiger partial charge in [0.25, 0.3) is 0 Å². The van der Waals surface area contributed by atoms with Crippen LogP contribution in [0.1, 0.15) is 32.6 Å². The molecule has 2 nitrogen and oxygen atoms in total. The average Bonchev–Trinajstić information content (AvgIpc) is 3.47. The van der Waals surface area contributed by atoms with Gasteiger partial charge in [0, 0.05) is 0 Å². The Morgan fingerprint density at radius 2 is 0.943 bits per heavy atom. The molecule has 2 aliphatic carbocycles. The maximum atomic E-state index is 12.0. The molecule has 0 fully saturated rings. The number of fused-ring (bicyclic) bond motifs is 6. The normalized spacial score (nSPS) is 12.6. The van der Waals surface area contributed by atoms with E-state index < -0.39 is 5.97 Å². The summed E-state index contributed by atoms with van der Waals surface area (Å²) in [5, 5.41) is 9.83. The summed E-state index contributed by atoms with van der Waals surface area (Å²) >= 11 is 0. The highest BCUT2D eigenvalue weighted by Crippen LogP contribution is 2.47. The highest BCUT2D eigenvalue weighted by atomic mass is 16.4. The maximum absolute atomic E-state index is 12.0. The van der Waals surface area contributed by atoms with Gasteiger partial charge in [-0.25, -0.2) is 4.79 Å². The molecule has 2 heteroatoms. The zero-order valence-corrected chi connectivity index (χ0v) is 19.1. The lowest BCUT2D eigenvalue weighted by Crippen LogP contribution is -2.00. The molecule has 166 valence electrons. The predicted octanol–water partition coefficient (Wildman–Crippen LogP) is 7.86. The number of hydrogen-bond acceptors (Lipinski definition) is 1. The fourth-order valence-corrected chi connectivity index (χ4v) is 5.95. The molecule has 7 rings (SSSR count). The Morgan fingerprint density at radius 1 is 0.486 bits per heavy atom. The summed E-state index contributed by atoms with van der Waals surface area (Å²) in [6.45, 7) is 0. The third-order valence-corrected chi connectivity index (χ3v) is 7.55. The lowest BCUT2D eigenvalue weighted by molar-refractivity contribution is 0.0697. The van der Waals surface area contributed by atoms with Gasteiger partial charge in [-0.05, 0) is 91.7 Å². The number of carboxylic acids is 1. The third-order valence-electron chi connectivity index (χ3n) is 7.55. The van der Waals surface area contributed by atoms with Crippen LogP contribution in [0.2, 0.25) is 0 Å². The summed E-state index contributed by atoms with van der Waals surface area (Å²) in [6, 6.07) is 35.7. The van der Waals surface area contributed by atoms with Crippen molar-refractivity contribution in [1.29, 1.82) is 0 Å². The second kappa shape index (κ2) is 7.54. The Labute approximate surface area is 204 Å². The van der Waals surface area contributed by atoms with Crippen LogP contribution in [0.3, 0.4) is 0 Å². The van der Waals surface area contributed by atoms with Gasteiger partial charge in [0.15, 0.2) is 0 Å². The number of aromatic carboxylic acids is 1. The van der Waals surface area contributed by atoms with Gasteiger partial charge >= 0.3 is 5.97 Å². The van der Waals surface area contributed by atoms with Crippen LogP contribution in [-0.2, 0) is 12.8 Å². The molecule has 0 spiro atoms. The van der Waals surface area contributed by atoms with Gasteiger partial charge in [-0.15, -0.1) is 0 Å². The second-order valence-electron chi connectivity index (χ2n) is 9.40. The second-order valence-corrected chi connectivity index (χ2v) is 9.40. The van der Waals surface area contributed by atoms with Crippen LogP contribution in [-0.4, -0.2) is 11.1 Å². The fraction of sp³-hybridized carbons (Fsp3) is 0.0606. The summed E-state index contributed by atoms with van der Waals surface area (Å²) in [4.78, 5) is 12.0. The van der Waals surface area contributed by atoms with E-state index in [2.05, 4.69) is 84.9 Å². The quantitative estimate of drug-likeness (QED) is 0.297. The van der Waals surface area contributed by atoms with E-state index in [4.69, 9.17) is 0 Å². The van der Waals surface area contributed by atoms with Crippen molar-refractivity contribution >= 4 is 5.97 Å². The van der Waals surface area contributed by atoms with E-state index in [0.717, 1.165) is 29.5 Å². The topological polar surface area (TPSA) is 37.3 Å². The van der Waals surface area contributed by atoms with Gasteiger partial charge in [-0.1, -0.05) is 91.0 Å². The Bertz CT molecular complexity index is 1680. The highest BCUT2D eigenvalue weighted by molar-refractivity contribution is 5.97. The molecule has 0 amide bonds. The Balaban J connectivity index is 1.47. The molecular weight excluding hydrogens is 428 g/mol. The monoisotopic (exact) mass is 450 g/mol. The smallest absolute Gasteiger partial charge is 0.335 e. The van der Waals surface area contributed by atoms with Crippen molar-refractivity contribution in [1.82, 2.24) is 0 Å². The van der Waals surface area contributed by atoms with Crippen molar-refractivity contribution < 1.29 is 9.90 Å². The summed E-state index contributed by atoms with van der Waals surface area (Å²) in [5.74, 6) is -0.903.